The third kappa shape index (κ3) is 2.43. The van der Waals surface area contributed by atoms with Crippen LogP contribution in [0.4, 0.5) is 14.7 Å². The van der Waals surface area contributed by atoms with E-state index in [1.54, 1.807) is 0 Å². The van der Waals surface area contributed by atoms with Crippen molar-refractivity contribution in [1.29, 1.82) is 0 Å². The molecular formula is C15H10F2N2O5. The average Bonchev–Trinajstić information content (AvgIpc) is 2.99. The number of carboxylic acids is 1. The summed E-state index contributed by atoms with van der Waals surface area (Å²) in [6, 6.07) is 3.06. The van der Waals surface area contributed by atoms with Gasteiger partial charge in [-0.3, -0.25) is 14.5 Å². The van der Waals surface area contributed by atoms with Crippen molar-refractivity contribution in [3.63, 3.8) is 0 Å². The second-order valence-electron chi connectivity index (χ2n) is 5.24. The van der Waals surface area contributed by atoms with Crippen molar-refractivity contribution < 1.29 is 32.7 Å². The predicted octanol–water partition coefficient (Wildman–Crippen LogP) is 1.67. The average molecular weight is 336 g/mol. The topological polar surface area (TPSA) is 101 Å². The second-order valence-corrected chi connectivity index (χ2v) is 5.24. The lowest BCUT2D eigenvalue weighted by molar-refractivity contribution is -0.121. The zero-order chi connectivity index (χ0) is 17.6. The van der Waals surface area contributed by atoms with E-state index in [0.29, 0.717) is 0 Å². The quantitative estimate of drug-likeness (QED) is 0.856. The molecule has 0 fully saturated rings. The van der Waals surface area contributed by atoms with Gasteiger partial charge in [-0.15, -0.1) is 0 Å². The molecule has 0 aliphatic carbocycles. The first-order chi connectivity index (χ1) is 11.3. The number of aromatic nitrogens is 1. The molecule has 2 aromatic rings. The van der Waals surface area contributed by atoms with E-state index in [0.717, 1.165) is 17.0 Å². The van der Waals surface area contributed by atoms with Gasteiger partial charge in [0.1, 0.15) is 5.92 Å². The molecule has 1 N–H and O–H groups in total. The van der Waals surface area contributed by atoms with E-state index in [4.69, 9.17) is 9.52 Å². The summed E-state index contributed by atoms with van der Waals surface area (Å²) in [6.07, 6.45) is -0.173. The van der Waals surface area contributed by atoms with E-state index in [2.05, 4.69) is 4.98 Å². The van der Waals surface area contributed by atoms with Crippen molar-refractivity contribution in [3.8, 4) is 0 Å². The number of carboxylic acid groups (broad SMARTS) is 1. The van der Waals surface area contributed by atoms with Gasteiger partial charge in [0.05, 0.1) is 0 Å². The van der Waals surface area contributed by atoms with Crippen LogP contribution in [0.15, 0.2) is 22.6 Å². The van der Waals surface area contributed by atoms with Crippen LogP contribution in [-0.4, -0.2) is 34.8 Å². The summed E-state index contributed by atoms with van der Waals surface area (Å²) >= 11 is 0. The third-order valence-electron chi connectivity index (χ3n) is 3.70. The van der Waals surface area contributed by atoms with Crippen LogP contribution in [0.25, 0.3) is 0 Å². The van der Waals surface area contributed by atoms with Crippen LogP contribution in [0.3, 0.4) is 0 Å². The van der Waals surface area contributed by atoms with Gasteiger partial charge in [-0.2, -0.15) is 4.98 Å². The zero-order valence-corrected chi connectivity index (χ0v) is 12.2. The lowest BCUT2D eigenvalue weighted by atomic mass is 9.90. The number of amides is 1. The molecule has 1 aromatic carbocycles. The Bertz CT molecular complexity index is 877. The van der Waals surface area contributed by atoms with Crippen LogP contribution in [0.2, 0.25) is 0 Å². The molecule has 0 bridgehead atoms. The number of fused-ring (bicyclic) bond motifs is 1. The van der Waals surface area contributed by atoms with Gasteiger partial charge in [0.2, 0.25) is 11.8 Å². The number of carbonyl (C=O) groups excluding carboxylic acids is 2. The minimum atomic E-state index is -1.48. The van der Waals surface area contributed by atoms with Gasteiger partial charge in [0.25, 0.3) is 0 Å². The molecule has 0 radical (unpaired) electrons. The second kappa shape index (κ2) is 5.52. The maximum Gasteiger partial charge on any atom is 0.392 e. The smallest absolute Gasteiger partial charge is 0.392 e. The molecular weight excluding hydrogens is 326 g/mol. The first-order valence-corrected chi connectivity index (χ1v) is 6.79. The van der Waals surface area contributed by atoms with Gasteiger partial charge in [-0.1, -0.05) is 6.07 Å². The summed E-state index contributed by atoms with van der Waals surface area (Å²) in [5.41, 5.74) is -0.0264. The van der Waals surface area contributed by atoms with Crippen LogP contribution >= 0.6 is 0 Å². The van der Waals surface area contributed by atoms with Crippen molar-refractivity contribution in [1.82, 2.24) is 4.98 Å². The molecule has 3 rings (SSSR count). The van der Waals surface area contributed by atoms with Crippen molar-refractivity contribution in [3.05, 3.63) is 47.0 Å². The van der Waals surface area contributed by atoms with Crippen LogP contribution in [0.1, 0.15) is 26.7 Å². The molecule has 1 amide bonds. The summed E-state index contributed by atoms with van der Waals surface area (Å²) in [6.45, 7) is 0. The Labute approximate surface area is 133 Å². The number of hydrogen-bond acceptors (Lipinski definition) is 5. The molecule has 1 aliphatic heterocycles. The van der Waals surface area contributed by atoms with Gasteiger partial charge in [-0.05, 0) is 24.1 Å². The Balaban J connectivity index is 1.97. The minimum Gasteiger partial charge on any atom is -0.474 e. The highest BCUT2D eigenvalue weighted by Crippen LogP contribution is 2.32. The van der Waals surface area contributed by atoms with E-state index in [1.165, 1.54) is 13.1 Å². The number of hydrogen-bond donors (Lipinski definition) is 1. The fourth-order valence-electron chi connectivity index (χ4n) is 2.48. The number of ketones is 1. The van der Waals surface area contributed by atoms with Crippen molar-refractivity contribution >= 4 is 23.5 Å². The molecule has 9 heteroatoms. The van der Waals surface area contributed by atoms with E-state index in [-0.39, 0.29) is 23.6 Å². The van der Waals surface area contributed by atoms with Crippen molar-refractivity contribution in [2.45, 2.75) is 6.42 Å². The predicted molar refractivity (Wildman–Crippen MR) is 74.8 cm³/mol. The molecule has 0 saturated heterocycles. The fourth-order valence-corrected chi connectivity index (χ4v) is 2.48. The van der Waals surface area contributed by atoms with Crippen molar-refractivity contribution in [2.75, 3.05) is 11.9 Å². The molecule has 0 saturated carbocycles. The maximum absolute atomic E-state index is 13.3. The van der Waals surface area contributed by atoms with Crippen LogP contribution < -0.4 is 4.90 Å². The largest absolute Gasteiger partial charge is 0.474 e. The fraction of sp³-hybridized carbons (Fsp3) is 0.200. The van der Waals surface area contributed by atoms with E-state index in [1.807, 2.05) is 0 Å². The third-order valence-corrected chi connectivity index (χ3v) is 3.70. The summed E-state index contributed by atoms with van der Waals surface area (Å²) in [7, 11) is 1.31. The number of oxazole rings is 1. The SMILES string of the molecule is CN1C(=O)C(Cc2ccc(F)c(F)c2)C(=O)c2nc(C(=O)O)oc21. The normalized spacial score (nSPS) is 17.1. The Morgan fingerprint density at radius 1 is 1.33 bits per heavy atom. The highest BCUT2D eigenvalue weighted by Gasteiger charge is 2.42. The minimum absolute atomic E-state index is 0.173. The van der Waals surface area contributed by atoms with Gasteiger partial charge >= 0.3 is 11.9 Å². The molecule has 1 aliphatic rings. The lowest BCUT2D eigenvalue weighted by Gasteiger charge is -2.25. The van der Waals surface area contributed by atoms with Crippen LogP contribution in [0, 0.1) is 17.6 Å². The zero-order valence-electron chi connectivity index (χ0n) is 12.2. The van der Waals surface area contributed by atoms with Crippen LogP contribution in [-0.2, 0) is 11.2 Å². The van der Waals surface area contributed by atoms with E-state index in [9.17, 15) is 23.2 Å². The van der Waals surface area contributed by atoms with Gasteiger partial charge < -0.3 is 9.52 Å². The number of aromatic carboxylic acids is 1. The van der Waals surface area contributed by atoms with E-state index < -0.39 is 41.1 Å². The standard InChI is InChI=1S/C15H10F2N2O5/c1-19-13(21)7(4-6-2-3-8(16)9(17)5-6)11(20)10-14(19)24-12(18-10)15(22)23/h2-3,5,7H,4H2,1H3,(H,22,23). The Kier molecular flexibility index (Phi) is 3.63. The molecule has 2 heterocycles. The van der Waals surface area contributed by atoms with Gasteiger partial charge in [0, 0.05) is 7.05 Å². The molecule has 7 nitrogen and oxygen atoms in total. The monoisotopic (exact) mass is 336 g/mol. The molecule has 0 spiro atoms. The lowest BCUT2D eigenvalue weighted by Crippen LogP contribution is -2.43. The maximum atomic E-state index is 13.3. The van der Waals surface area contributed by atoms with Crippen LogP contribution in [0.5, 0.6) is 0 Å². The molecule has 124 valence electrons. The Morgan fingerprint density at radius 3 is 2.67 bits per heavy atom. The first kappa shape index (κ1) is 15.8. The molecule has 1 unspecified atom stereocenters. The highest BCUT2D eigenvalue weighted by atomic mass is 19.2. The van der Waals surface area contributed by atoms with Gasteiger partial charge in [0.15, 0.2) is 23.1 Å². The number of rotatable bonds is 3. The summed E-state index contributed by atoms with van der Waals surface area (Å²) in [4.78, 5) is 40.3. The molecule has 1 aromatic heterocycles. The summed E-state index contributed by atoms with van der Waals surface area (Å²) < 4.78 is 31.2. The number of halogens is 2. The highest BCUT2D eigenvalue weighted by molar-refractivity contribution is 6.20. The first-order valence-electron chi connectivity index (χ1n) is 6.79. The number of Topliss-reactive ketones (excluding diaryl/α,β-unsaturated/α-hetero) is 1. The Hall–Kier alpha value is -3.10. The summed E-state index contributed by atoms with van der Waals surface area (Å²) in [5, 5.41) is 8.88. The van der Waals surface area contributed by atoms with E-state index >= 15 is 0 Å². The number of carbonyl (C=O) groups is 3. The summed E-state index contributed by atoms with van der Waals surface area (Å²) in [5.74, 6) is -7.16. The number of benzene rings is 1. The molecule has 1 atom stereocenters. The molecule has 24 heavy (non-hydrogen) atoms. The number of nitrogens with zero attached hydrogens (tertiary/aromatic N) is 2. The van der Waals surface area contributed by atoms with Crippen molar-refractivity contribution in [2.24, 2.45) is 5.92 Å². The number of anilines is 1. The Morgan fingerprint density at radius 2 is 2.04 bits per heavy atom. The van der Waals surface area contributed by atoms with Gasteiger partial charge in [-0.25, -0.2) is 13.6 Å².